The number of urea groups is 1. The minimum atomic E-state index is -0.603. The lowest BCUT2D eigenvalue weighted by molar-refractivity contribution is 0.237. The predicted molar refractivity (Wildman–Crippen MR) is 83.4 cm³/mol. The molecule has 2 amide bonds. The highest BCUT2D eigenvalue weighted by Crippen LogP contribution is 2.24. The van der Waals surface area contributed by atoms with Gasteiger partial charge in [-0.15, -0.1) is 0 Å². The van der Waals surface area contributed by atoms with E-state index in [9.17, 15) is 13.6 Å². The number of carbonyl (C=O) groups excluding carboxylic acids is 1. The molecule has 2 N–H and O–H groups in total. The Morgan fingerprint density at radius 3 is 2.96 bits per heavy atom. The number of hydrogen-bond acceptors (Lipinski definition) is 4. The molecule has 1 aromatic heterocycles. The molecule has 1 saturated heterocycles. The summed E-state index contributed by atoms with van der Waals surface area (Å²) in [6, 6.07) is 3.09. The van der Waals surface area contributed by atoms with E-state index >= 15 is 0 Å². The van der Waals surface area contributed by atoms with Gasteiger partial charge in [-0.1, -0.05) is 0 Å². The quantitative estimate of drug-likeness (QED) is 0.879. The number of benzene rings is 1. The van der Waals surface area contributed by atoms with Crippen LogP contribution in [0.3, 0.4) is 0 Å². The molecule has 0 bridgehead atoms. The number of anilines is 1. The third-order valence-electron chi connectivity index (χ3n) is 3.99. The zero-order valence-corrected chi connectivity index (χ0v) is 13.2. The topological polar surface area (TPSA) is 75.1 Å². The second kappa shape index (κ2) is 6.81. The molecule has 2 heterocycles. The molecule has 0 unspecified atom stereocenters. The summed E-state index contributed by atoms with van der Waals surface area (Å²) in [5.74, 6) is -0.553. The lowest BCUT2D eigenvalue weighted by Gasteiger charge is -2.19. The molecule has 0 aliphatic carbocycles. The van der Waals surface area contributed by atoms with Gasteiger partial charge < -0.3 is 15.5 Å². The molecule has 0 spiro atoms. The maximum atomic E-state index is 13.8. The number of amides is 2. The van der Waals surface area contributed by atoms with Gasteiger partial charge in [0.1, 0.15) is 23.8 Å². The van der Waals surface area contributed by atoms with Gasteiger partial charge in [-0.3, -0.25) is 4.68 Å². The number of halogens is 2. The average molecular weight is 336 g/mol. The van der Waals surface area contributed by atoms with Crippen molar-refractivity contribution >= 4 is 11.7 Å². The Kier molecular flexibility index (Phi) is 4.59. The molecule has 1 aromatic carbocycles. The van der Waals surface area contributed by atoms with E-state index in [1.54, 1.807) is 16.6 Å². The maximum Gasteiger partial charge on any atom is 0.315 e. The van der Waals surface area contributed by atoms with Crippen molar-refractivity contribution in [3.05, 3.63) is 42.0 Å². The minimum Gasteiger partial charge on any atom is -0.367 e. The molecule has 9 heteroatoms. The minimum absolute atomic E-state index is 0.103. The number of nitrogens with zero attached hydrogens (tertiary/aromatic N) is 4. The molecule has 1 fully saturated rings. The summed E-state index contributed by atoms with van der Waals surface area (Å²) < 4.78 is 28.4. The monoisotopic (exact) mass is 336 g/mol. The van der Waals surface area contributed by atoms with Crippen LogP contribution in [0.25, 0.3) is 0 Å². The summed E-state index contributed by atoms with van der Waals surface area (Å²) >= 11 is 0. The molecule has 3 rings (SSSR count). The fraction of sp³-hybridized carbons (Fsp3) is 0.400. The zero-order chi connectivity index (χ0) is 17.1. The summed E-state index contributed by atoms with van der Waals surface area (Å²) in [7, 11) is 1.74. The molecule has 7 nitrogen and oxygen atoms in total. The average Bonchev–Trinajstić information content (AvgIpc) is 3.14. The Labute approximate surface area is 137 Å². The first-order chi connectivity index (χ1) is 11.5. The van der Waals surface area contributed by atoms with E-state index in [2.05, 4.69) is 20.7 Å². The third-order valence-corrected chi connectivity index (χ3v) is 3.99. The highest BCUT2D eigenvalue weighted by atomic mass is 19.1. The molecular weight excluding hydrogens is 318 g/mol. The van der Waals surface area contributed by atoms with E-state index in [4.69, 9.17) is 0 Å². The molecule has 1 atom stereocenters. The molecule has 0 radical (unpaired) electrons. The van der Waals surface area contributed by atoms with Crippen molar-refractivity contribution in [2.45, 2.75) is 19.0 Å². The largest absolute Gasteiger partial charge is 0.367 e. The van der Waals surface area contributed by atoms with Crippen LogP contribution in [0.5, 0.6) is 0 Å². The van der Waals surface area contributed by atoms with Crippen LogP contribution in [0.4, 0.5) is 19.3 Å². The lowest BCUT2D eigenvalue weighted by Crippen LogP contribution is -2.43. The highest BCUT2D eigenvalue weighted by Gasteiger charge is 2.25. The van der Waals surface area contributed by atoms with Gasteiger partial charge in [0, 0.05) is 32.2 Å². The third kappa shape index (κ3) is 3.61. The van der Waals surface area contributed by atoms with Crippen molar-refractivity contribution in [1.82, 2.24) is 25.4 Å². The maximum absolute atomic E-state index is 13.8. The Morgan fingerprint density at radius 1 is 1.42 bits per heavy atom. The van der Waals surface area contributed by atoms with Gasteiger partial charge in [-0.25, -0.2) is 18.6 Å². The molecule has 1 aliphatic heterocycles. The van der Waals surface area contributed by atoms with Crippen LogP contribution in [-0.4, -0.2) is 39.9 Å². The lowest BCUT2D eigenvalue weighted by atomic mass is 10.2. The first-order valence-electron chi connectivity index (χ1n) is 7.60. The van der Waals surface area contributed by atoms with Crippen molar-refractivity contribution in [1.29, 1.82) is 0 Å². The first kappa shape index (κ1) is 16.2. The van der Waals surface area contributed by atoms with Crippen molar-refractivity contribution < 1.29 is 13.6 Å². The summed E-state index contributed by atoms with van der Waals surface area (Å²) in [5.41, 5.74) is 0.347. The molecule has 2 aromatic rings. The van der Waals surface area contributed by atoms with E-state index in [-0.39, 0.29) is 18.6 Å². The van der Waals surface area contributed by atoms with Gasteiger partial charge in [0.05, 0.1) is 12.2 Å². The van der Waals surface area contributed by atoms with E-state index in [1.165, 1.54) is 18.5 Å². The second-order valence-electron chi connectivity index (χ2n) is 5.65. The van der Waals surface area contributed by atoms with Crippen LogP contribution < -0.4 is 15.5 Å². The van der Waals surface area contributed by atoms with Crippen LogP contribution in [-0.2, 0) is 13.6 Å². The summed E-state index contributed by atoms with van der Waals surface area (Å²) in [5, 5.41) is 9.48. The Hall–Kier alpha value is -2.71. The summed E-state index contributed by atoms with van der Waals surface area (Å²) in [6.07, 6.45) is 2.11. The number of rotatable bonds is 4. The van der Waals surface area contributed by atoms with Gasteiger partial charge in [0.2, 0.25) is 0 Å². The number of nitrogens with one attached hydrogen (secondary N) is 2. The Balaban J connectivity index is 1.50. The highest BCUT2D eigenvalue weighted by molar-refractivity contribution is 5.74. The SMILES string of the molecule is Cn1ncnc1CNC(=O)N[C@H]1CCN(c2ccc(F)cc2F)C1. The van der Waals surface area contributed by atoms with Crippen molar-refractivity contribution in [2.24, 2.45) is 7.05 Å². The summed E-state index contributed by atoms with van der Waals surface area (Å²) in [6.45, 7) is 1.34. The molecule has 24 heavy (non-hydrogen) atoms. The van der Waals surface area contributed by atoms with E-state index in [0.717, 1.165) is 6.07 Å². The standard InChI is InChI=1S/C15H18F2N6O/c1-22-14(19-9-20-22)7-18-15(24)21-11-4-5-23(8-11)13-3-2-10(16)6-12(13)17/h2-3,6,9,11H,4-5,7-8H2,1H3,(H2,18,21,24)/t11-/m0/s1. The van der Waals surface area contributed by atoms with Crippen molar-refractivity contribution in [3.63, 3.8) is 0 Å². The van der Waals surface area contributed by atoms with Gasteiger partial charge in [-0.2, -0.15) is 5.10 Å². The van der Waals surface area contributed by atoms with Crippen LogP contribution in [0.15, 0.2) is 24.5 Å². The molecule has 1 aliphatic rings. The van der Waals surface area contributed by atoms with Gasteiger partial charge in [-0.05, 0) is 18.6 Å². The normalized spacial score (nSPS) is 17.1. The fourth-order valence-corrected chi connectivity index (χ4v) is 2.71. The van der Waals surface area contributed by atoms with Crippen molar-refractivity contribution in [2.75, 3.05) is 18.0 Å². The summed E-state index contributed by atoms with van der Waals surface area (Å²) in [4.78, 5) is 17.7. The second-order valence-corrected chi connectivity index (χ2v) is 5.65. The number of aryl methyl sites for hydroxylation is 1. The van der Waals surface area contributed by atoms with Gasteiger partial charge >= 0.3 is 6.03 Å². The Morgan fingerprint density at radius 2 is 2.25 bits per heavy atom. The fourth-order valence-electron chi connectivity index (χ4n) is 2.71. The first-order valence-corrected chi connectivity index (χ1v) is 7.60. The van der Waals surface area contributed by atoms with Crippen LogP contribution in [0, 0.1) is 11.6 Å². The van der Waals surface area contributed by atoms with Crippen LogP contribution in [0.2, 0.25) is 0 Å². The Bertz CT molecular complexity index is 735. The zero-order valence-electron chi connectivity index (χ0n) is 13.2. The van der Waals surface area contributed by atoms with Crippen LogP contribution >= 0.6 is 0 Å². The van der Waals surface area contributed by atoms with Crippen LogP contribution in [0.1, 0.15) is 12.2 Å². The molecular formula is C15H18F2N6O. The van der Waals surface area contributed by atoms with Gasteiger partial charge in [0.25, 0.3) is 0 Å². The predicted octanol–water partition coefficient (Wildman–Crippen LogP) is 1.17. The molecule has 0 saturated carbocycles. The van der Waals surface area contributed by atoms with Gasteiger partial charge in [0.15, 0.2) is 0 Å². The van der Waals surface area contributed by atoms with Crippen molar-refractivity contribution in [3.8, 4) is 0 Å². The van der Waals surface area contributed by atoms with E-state index < -0.39 is 11.6 Å². The van der Waals surface area contributed by atoms with E-state index in [1.807, 2.05) is 0 Å². The number of carbonyl (C=O) groups is 1. The molecule has 128 valence electrons. The van der Waals surface area contributed by atoms with E-state index in [0.29, 0.717) is 31.0 Å². The number of hydrogen-bond donors (Lipinski definition) is 2. The smallest absolute Gasteiger partial charge is 0.315 e. The number of aromatic nitrogens is 3.